The molecule has 166 valence electrons. The summed E-state index contributed by atoms with van der Waals surface area (Å²) >= 11 is 0. The molecular formula is C21H24F2N4O3S. The Kier molecular flexibility index (Phi) is 4.71. The first-order valence-electron chi connectivity index (χ1n) is 10.4. The van der Waals surface area contributed by atoms with Gasteiger partial charge in [-0.1, -0.05) is 12.1 Å². The maximum absolute atomic E-state index is 14.6. The Hall–Kier alpha value is -2.33. The predicted octanol–water partition coefficient (Wildman–Crippen LogP) is 3.15. The van der Waals surface area contributed by atoms with E-state index in [-0.39, 0.29) is 30.6 Å². The van der Waals surface area contributed by atoms with Crippen molar-refractivity contribution < 1.29 is 21.9 Å². The number of benzene rings is 1. The van der Waals surface area contributed by atoms with Crippen LogP contribution >= 0.6 is 0 Å². The zero-order valence-electron chi connectivity index (χ0n) is 17.4. The van der Waals surface area contributed by atoms with E-state index < -0.39 is 15.9 Å². The molecule has 0 amide bonds. The Bertz CT molecular complexity index is 1160. The molecule has 1 saturated heterocycles. The van der Waals surface area contributed by atoms with E-state index in [0.717, 1.165) is 24.8 Å². The molecule has 1 aromatic heterocycles. The fraction of sp³-hybridized carbons (Fsp3) is 0.524. The molecule has 10 heteroatoms. The van der Waals surface area contributed by atoms with Crippen LogP contribution in [0.5, 0.6) is 5.75 Å². The van der Waals surface area contributed by atoms with Gasteiger partial charge in [0.05, 0.1) is 24.6 Å². The van der Waals surface area contributed by atoms with E-state index in [0.29, 0.717) is 41.5 Å². The van der Waals surface area contributed by atoms with Gasteiger partial charge in [0.2, 0.25) is 16.0 Å². The molecule has 1 fully saturated rings. The predicted molar refractivity (Wildman–Crippen MR) is 112 cm³/mol. The molecule has 2 atom stereocenters. The van der Waals surface area contributed by atoms with E-state index in [4.69, 9.17) is 9.72 Å². The van der Waals surface area contributed by atoms with Gasteiger partial charge in [0.1, 0.15) is 11.4 Å². The van der Waals surface area contributed by atoms with E-state index >= 15 is 0 Å². The Morgan fingerprint density at radius 3 is 2.74 bits per heavy atom. The van der Waals surface area contributed by atoms with Crippen LogP contribution in [0.1, 0.15) is 49.0 Å². The first-order valence-corrected chi connectivity index (χ1v) is 12.3. The van der Waals surface area contributed by atoms with E-state index in [2.05, 4.69) is 9.71 Å². The quantitative estimate of drug-likeness (QED) is 0.771. The monoisotopic (exact) mass is 450 g/mol. The lowest BCUT2D eigenvalue weighted by Crippen LogP contribution is -2.47. The standard InChI is InChI=1S/C21H24F2N4O3S/c1-12-6-9-27(12)20-24-18(15-5-8-21(22,23)19(15)25-20)13-3-4-14-16(26-31(2,28)29)7-10-30-17(14)11-13/h3-4,11-12,16,26H,5-10H2,1-2H3/t12-,16?/m0/s1. The lowest BCUT2D eigenvalue weighted by molar-refractivity contribution is -0.00595. The van der Waals surface area contributed by atoms with Crippen molar-refractivity contribution in [3.05, 3.63) is 35.0 Å². The number of sulfonamides is 1. The summed E-state index contributed by atoms with van der Waals surface area (Å²) in [6.45, 7) is 3.14. The molecule has 2 aliphatic heterocycles. The van der Waals surface area contributed by atoms with Crippen molar-refractivity contribution in [3.8, 4) is 17.0 Å². The van der Waals surface area contributed by atoms with Crippen LogP contribution in [0, 0.1) is 0 Å². The molecule has 0 radical (unpaired) electrons. The Balaban J connectivity index is 1.59. The third-order valence-electron chi connectivity index (χ3n) is 6.29. The van der Waals surface area contributed by atoms with Crippen LogP contribution in [-0.2, 0) is 22.4 Å². The maximum atomic E-state index is 14.6. The molecule has 1 unspecified atom stereocenters. The van der Waals surface area contributed by atoms with Crippen LogP contribution in [-0.4, -0.2) is 43.8 Å². The number of ether oxygens (including phenoxy) is 1. The summed E-state index contributed by atoms with van der Waals surface area (Å²) in [4.78, 5) is 10.9. The number of hydrogen-bond donors (Lipinski definition) is 1. The highest BCUT2D eigenvalue weighted by molar-refractivity contribution is 7.88. The normalized spacial score (nSPS) is 24.2. The highest BCUT2D eigenvalue weighted by Gasteiger charge is 2.44. The van der Waals surface area contributed by atoms with Gasteiger partial charge in [0.15, 0.2) is 0 Å². The second-order valence-corrected chi connectivity index (χ2v) is 10.3. The van der Waals surface area contributed by atoms with Crippen LogP contribution in [0.25, 0.3) is 11.3 Å². The zero-order valence-corrected chi connectivity index (χ0v) is 18.2. The molecular weight excluding hydrogens is 426 g/mol. The Morgan fingerprint density at radius 1 is 1.26 bits per heavy atom. The first kappa shape index (κ1) is 20.6. The Morgan fingerprint density at radius 2 is 2.06 bits per heavy atom. The topological polar surface area (TPSA) is 84.4 Å². The van der Waals surface area contributed by atoms with E-state index in [1.54, 1.807) is 18.2 Å². The van der Waals surface area contributed by atoms with Crippen LogP contribution in [0.15, 0.2) is 18.2 Å². The van der Waals surface area contributed by atoms with Crippen LogP contribution in [0.2, 0.25) is 0 Å². The molecule has 1 aromatic carbocycles. The van der Waals surface area contributed by atoms with Crippen molar-refractivity contribution in [2.45, 2.75) is 50.6 Å². The number of fused-ring (bicyclic) bond motifs is 2. The molecule has 0 saturated carbocycles. The van der Waals surface area contributed by atoms with Gasteiger partial charge < -0.3 is 9.64 Å². The highest BCUT2D eigenvalue weighted by atomic mass is 32.2. The van der Waals surface area contributed by atoms with Gasteiger partial charge in [-0.2, -0.15) is 8.78 Å². The zero-order chi connectivity index (χ0) is 22.0. The third kappa shape index (κ3) is 3.65. The van der Waals surface area contributed by atoms with Crippen LogP contribution in [0.4, 0.5) is 14.7 Å². The van der Waals surface area contributed by atoms with Gasteiger partial charge in [0.25, 0.3) is 5.92 Å². The van der Waals surface area contributed by atoms with Gasteiger partial charge in [-0.15, -0.1) is 0 Å². The van der Waals surface area contributed by atoms with Gasteiger partial charge in [-0.3, -0.25) is 0 Å². The maximum Gasteiger partial charge on any atom is 0.290 e. The van der Waals surface area contributed by atoms with Crippen molar-refractivity contribution in [2.24, 2.45) is 0 Å². The fourth-order valence-electron chi connectivity index (χ4n) is 4.51. The number of rotatable bonds is 4. The van der Waals surface area contributed by atoms with Gasteiger partial charge in [-0.05, 0) is 25.8 Å². The van der Waals surface area contributed by atoms with Crippen molar-refractivity contribution in [1.29, 1.82) is 0 Å². The van der Waals surface area contributed by atoms with Crippen molar-refractivity contribution in [1.82, 2.24) is 14.7 Å². The summed E-state index contributed by atoms with van der Waals surface area (Å²) in [5.74, 6) is -2.09. The first-order chi connectivity index (χ1) is 14.6. The minimum atomic E-state index is -3.38. The molecule has 0 bridgehead atoms. The number of anilines is 1. The van der Waals surface area contributed by atoms with E-state index in [1.165, 1.54) is 0 Å². The van der Waals surface area contributed by atoms with Crippen molar-refractivity contribution in [2.75, 3.05) is 24.3 Å². The molecule has 3 heterocycles. The molecule has 31 heavy (non-hydrogen) atoms. The van der Waals surface area contributed by atoms with Gasteiger partial charge in [0, 0.05) is 42.1 Å². The summed E-state index contributed by atoms with van der Waals surface area (Å²) in [5, 5.41) is 0. The van der Waals surface area contributed by atoms with Gasteiger partial charge >= 0.3 is 0 Å². The number of halogens is 2. The largest absolute Gasteiger partial charge is 0.493 e. The minimum Gasteiger partial charge on any atom is -0.493 e. The molecule has 7 nitrogen and oxygen atoms in total. The summed E-state index contributed by atoms with van der Waals surface area (Å²) < 4.78 is 61.0. The number of nitrogens with one attached hydrogen (secondary N) is 1. The highest BCUT2D eigenvalue weighted by Crippen LogP contribution is 2.46. The minimum absolute atomic E-state index is 0.179. The number of nitrogens with zero attached hydrogens (tertiary/aromatic N) is 3. The van der Waals surface area contributed by atoms with E-state index in [1.807, 2.05) is 11.8 Å². The molecule has 2 aromatic rings. The summed E-state index contributed by atoms with van der Waals surface area (Å²) in [7, 11) is -3.38. The van der Waals surface area contributed by atoms with Gasteiger partial charge in [-0.25, -0.2) is 23.1 Å². The second kappa shape index (κ2) is 7.09. The average molecular weight is 451 g/mol. The van der Waals surface area contributed by atoms with Crippen LogP contribution in [0.3, 0.4) is 0 Å². The average Bonchev–Trinajstić information content (AvgIpc) is 3.00. The second-order valence-electron chi connectivity index (χ2n) is 8.57. The lowest BCUT2D eigenvalue weighted by Gasteiger charge is -2.39. The molecule has 0 spiro atoms. The molecule has 1 aliphatic carbocycles. The Labute approximate surface area is 179 Å². The third-order valence-corrected chi connectivity index (χ3v) is 7.00. The number of alkyl halides is 2. The fourth-order valence-corrected chi connectivity index (χ4v) is 5.27. The number of aromatic nitrogens is 2. The summed E-state index contributed by atoms with van der Waals surface area (Å²) in [6, 6.07) is 5.20. The lowest BCUT2D eigenvalue weighted by atomic mass is 9.97. The van der Waals surface area contributed by atoms with E-state index in [9.17, 15) is 17.2 Å². The molecule has 3 aliphatic rings. The van der Waals surface area contributed by atoms with Crippen LogP contribution < -0.4 is 14.4 Å². The molecule has 1 N–H and O–H groups in total. The van der Waals surface area contributed by atoms with Crippen molar-refractivity contribution >= 4 is 16.0 Å². The SMILES string of the molecule is C[C@H]1CCN1c1nc(-c2ccc3c(c2)OCCC3NS(C)(=O)=O)c2c(n1)C(F)(F)CC2. The summed E-state index contributed by atoms with van der Waals surface area (Å²) in [5.41, 5.74) is 2.20. The van der Waals surface area contributed by atoms with Crippen molar-refractivity contribution in [3.63, 3.8) is 0 Å². The molecule has 5 rings (SSSR count). The summed E-state index contributed by atoms with van der Waals surface area (Å²) in [6.07, 6.45) is 2.56. The number of hydrogen-bond acceptors (Lipinski definition) is 6. The smallest absolute Gasteiger partial charge is 0.290 e.